The molecule has 2 N–H and O–H groups in total. The van der Waals surface area contributed by atoms with Gasteiger partial charge in [0, 0.05) is 51.5 Å². The second kappa shape index (κ2) is 16.9. The van der Waals surface area contributed by atoms with Crippen molar-refractivity contribution in [2.45, 2.75) is 105 Å². The van der Waals surface area contributed by atoms with Gasteiger partial charge >= 0.3 is 0 Å². The summed E-state index contributed by atoms with van der Waals surface area (Å²) < 4.78 is 2.37. The van der Waals surface area contributed by atoms with Gasteiger partial charge in [0.2, 0.25) is 0 Å². The van der Waals surface area contributed by atoms with E-state index in [0.29, 0.717) is 0 Å². The molecule has 0 spiro atoms. The number of fused-ring (bicyclic) bond motifs is 8. The van der Waals surface area contributed by atoms with Crippen molar-refractivity contribution in [3.63, 3.8) is 0 Å². The lowest BCUT2D eigenvalue weighted by atomic mass is 9.78. The zero-order chi connectivity index (χ0) is 47.1. The fourth-order valence-corrected chi connectivity index (χ4v) is 9.65. The Hall–Kier alpha value is -5.06. The molecule has 0 saturated heterocycles. The van der Waals surface area contributed by atoms with E-state index >= 15 is 0 Å². The maximum Gasteiger partial charge on any atom is 0.0737 e. The van der Waals surface area contributed by atoms with E-state index in [9.17, 15) is 0 Å². The van der Waals surface area contributed by atoms with Crippen molar-refractivity contribution in [1.82, 2.24) is 19.9 Å². The molecule has 5 heterocycles. The predicted molar refractivity (Wildman–Crippen MR) is 301 cm³/mol. The van der Waals surface area contributed by atoms with E-state index in [4.69, 9.17) is 9.97 Å². The van der Waals surface area contributed by atoms with Crippen LogP contribution in [-0.4, -0.2) is 19.9 Å². The van der Waals surface area contributed by atoms with Gasteiger partial charge in [0.1, 0.15) is 0 Å². The third-order valence-corrected chi connectivity index (χ3v) is 14.4. The van der Waals surface area contributed by atoms with Gasteiger partial charge in [0.15, 0.2) is 0 Å². The van der Waals surface area contributed by atoms with Crippen molar-refractivity contribution in [2.24, 2.45) is 0 Å². The standard InChI is InChI=1S/C60H60I2N4/c1-57(2,3)39-29-37(30-40(33-39)58(4,5)6)55-49-25-21-45(63-49)53(35-13-17-43(61)18-14-35)47-23-27-51(65-47)56(38-31-41(59(7,8)9)34-42(32-38)60(10,11)12)52-28-24-48(66-52)54(46-22-26-50(55)64-46)36-15-19-44(62)20-16-36/h13-34,63,66H,1-12H3. The highest BCUT2D eigenvalue weighted by Gasteiger charge is 2.26. The Balaban J connectivity index is 1.49. The molecule has 4 nitrogen and oxygen atoms in total. The second-order valence-corrected chi connectivity index (χ2v) is 24.6. The van der Waals surface area contributed by atoms with Crippen LogP contribution in [0.1, 0.15) is 128 Å². The lowest BCUT2D eigenvalue weighted by molar-refractivity contribution is 0.568. The number of hydrogen-bond acceptors (Lipinski definition) is 2. The Morgan fingerprint density at radius 1 is 0.318 bits per heavy atom. The minimum Gasteiger partial charge on any atom is -0.354 e. The number of nitrogens with one attached hydrogen (secondary N) is 2. The molecular formula is C60H60I2N4. The van der Waals surface area contributed by atoms with Gasteiger partial charge in [-0.15, -0.1) is 0 Å². The molecule has 0 atom stereocenters. The summed E-state index contributed by atoms with van der Waals surface area (Å²) in [5, 5.41) is 0. The van der Waals surface area contributed by atoms with Crippen molar-refractivity contribution < 1.29 is 0 Å². The molecule has 6 heteroatoms. The molecule has 2 aliphatic rings. The minimum absolute atomic E-state index is 0.0668. The van der Waals surface area contributed by atoms with Crippen LogP contribution in [0.25, 0.3) is 90.9 Å². The van der Waals surface area contributed by atoms with Crippen LogP contribution in [-0.2, 0) is 21.7 Å². The van der Waals surface area contributed by atoms with Gasteiger partial charge in [0.05, 0.1) is 22.8 Å². The third kappa shape index (κ3) is 9.16. The number of rotatable bonds is 4. The highest BCUT2D eigenvalue weighted by Crippen LogP contribution is 2.42. The van der Waals surface area contributed by atoms with E-state index in [2.05, 4.69) is 272 Å². The molecule has 3 aromatic heterocycles. The molecule has 4 aromatic carbocycles. The molecule has 9 rings (SSSR count). The van der Waals surface area contributed by atoms with Crippen LogP contribution in [0.15, 0.2) is 109 Å². The zero-order valence-corrected chi connectivity index (χ0v) is 44.7. The number of H-pyrrole nitrogens is 2. The van der Waals surface area contributed by atoms with Crippen LogP contribution < -0.4 is 0 Å². The Labute approximate surface area is 418 Å². The summed E-state index contributed by atoms with van der Waals surface area (Å²) in [5.74, 6) is 0. The van der Waals surface area contributed by atoms with Gasteiger partial charge in [-0.3, -0.25) is 0 Å². The molecule has 2 aliphatic heterocycles. The third-order valence-electron chi connectivity index (χ3n) is 12.9. The first-order chi connectivity index (χ1) is 31.0. The smallest absolute Gasteiger partial charge is 0.0737 e. The highest BCUT2D eigenvalue weighted by atomic mass is 127. The normalized spacial score (nSPS) is 13.2. The summed E-state index contributed by atoms with van der Waals surface area (Å²) in [6, 6.07) is 40.8. The van der Waals surface area contributed by atoms with Gasteiger partial charge in [-0.05, 0) is 184 Å². The average Bonchev–Trinajstić information content (AvgIpc) is 4.09. The molecule has 0 radical (unpaired) electrons. The fraction of sp³-hybridized carbons (Fsp3) is 0.267. The Morgan fingerprint density at radius 3 is 0.803 bits per heavy atom. The molecule has 0 amide bonds. The summed E-state index contributed by atoms with van der Waals surface area (Å²) in [7, 11) is 0. The molecule has 66 heavy (non-hydrogen) atoms. The molecule has 0 fully saturated rings. The van der Waals surface area contributed by atoms with Crippen molar-refractivity contribution in [3.05, 3.63) is 161 Å². The van der Waals surface area contributed by atoms with E-state index in [-0.39, 0.29) is 21.7 Å². The van der Waals surface area contributed by atoms with Crippen LogP contribution in [0.3, 0.4) is 0 Å². The first-order valence-corrected chi connectivity index (χ1v) is 25.2. The second-order valence-electron chi connectivity index (χ2n) is 22.1. The van der Waals surface area contributed by atoms with E-state index in [1.165, 1.54) is 29.4 Å². The monoisotopic (exact) mass is 1090 g/mol. The number of nitrogens with zero attached hydrogens (tertiary/aromatic N) is 2. The summed E-state index contributed by atoms with van der Waals surface area (Å²) in [4.78, 5) is 19.2. The predicted octanol–water partition coefficient (Wildman–Crippen LogP) is 17.7. The van der Waals surface area contributed by atoms with Crippen LogP contribution >= 0.6 is 45.2 Å². The SMILES string of the molecule is CC(C)(C)c1cc(-c2c3nc(c(-c4ccc(I)cc4)c4ccc([nH]4)c(-c4cc(C(C)(C)C)cc(C(C)(C)C)c4)c4nc(c(-c5ccc(I)cc5)c5ccc2[nH]5)C=C4)C=C3)cc(C(C)(C)C)c1. The Kier molecular flexibility index (Phi) is 11.8. The number of hydrogen-bond donors (Lipinski definition) is 2. The number of halogens is 2. The number of aromatic amines is 2. The topological polar surface area (TPSA) is 57.4 Å². The lowest BCUT2D eigenvalue weighted by Crippen LogP contribution is -2.16. The summed E-state index contributed by atoms with van der Waals surface area (Å²) in [5.41, 5.74) is 21.2. The van der Waals surface area contributed by atoms with E-state index < -0.39 is 0 Å². The van der Waals surface area contributed by atoms with Gasteiger partial charge in [-0.1, -0.05) is 144 Å². The largest absolute Gasteiger partial charge is 0.354 e. The molecule has 8 bridgehead atoms. The van der Waals surface area contributed by atoms with Gasteiger partial charge in [-0.25, -0.2) is 9.97 Å². The van der Waals surface area contributed by atoms with Crippen LogP contribution in [0.5, 0.6) is 0 Å². The quantitative estimate of drug-likeness (QED) is 0.173. The first-order valence-electron chi connectivity index (χ1n) is 23.0. The van der Waals surface area contributed by atoms with Gasteiger partial charge in [-0.2, -0.15) is 0 Å². The Morgan fingerprint density at radius 2 is 0.561 bits per heavy atom. The number of aromatic nitrogens is 4. The maximum absolute atomic E-state index is 5.64. The maximum atomic E-state index is 5.64. The fourth-order valence-electron chi connectivity index (χ4n) is 8.93. The average molecular weight is 1090 g/mol. The van der Waals surface area contributed by atoms with Gasteiger partial charge in [0.25, 0.3) is 0 Å². The molecule has 0 unspecified atom stereocenters. The lowest BCUT2D eigenvalue weighted by Gasteiger charge is -2.26. The first kappa shape index (κ1) is 46.1. The molecule has 334 valence electrons. The zero-order valence-electron chi connectivity index (χ0n) is 40.4. The summed E-state index contributed by atoms with van der Waals surface area (Å²) in [6.07, 6.45) is 8.81. The van der Waals surface area contributed by atoms with Crippen LogP contribution in [0, 0.1) is 7.14 Å². The molecule has 7 aromatic rings. The van der Waals surface area contributed by atoms with Crippen molar-refractivity contribution in [3.8, 4) is 44.5 Å². The minimum atomic E-state index is -0.0668. The highest BCUT2D eigenvalue weighted by molar-refractivity contribution is 14.1. The molecule has 0 aliphatic carbocycles. The molecule has 0 saturated carbocycles. The van der Waals surface area contributed by atoms with Crippen molar-refractivity contribution >= 4 is 91.6 Å². The van der Waals surface area contributed by atoms with E-state index in [0.717, 1.165) is 89.4 Å². The van der Waals surface area contributed by atoms with E-state index in [1.807, 2.05) is 0 Å². The number of benzene rings is 4. The van der Waals surface area contributed by atoms with Crippen molar-refractivity contribution in [1.29, 1.82) is 0 Å². The van der Waals surface area contributed by atoms with Crippen molar-refractivity contribution in [2.75, 3.05) is 0 Å². The summed E-state index contributed by atoms with van der Waals surface area (Å²) in [6.45, 7) is 27.6. The van der Waals surface area contributed by atoms with Crippen LogP contribution in [0.2, 0.25) is 0 Å². The van der Waals surface area contributed by atoms with E-state index in [1.54, 1.807) is 0 Å². The Bertz CT molecular complexity index is 2990. The van der Waals surface area contributed by atoms with Gasteiger partial charge < -0.3 is 9.97 Å². The summed E-state index contributed by atoms with van der Waals surface area (Å²) >= 11 is 4.79. The molecular weight excluding hydrogens is 1030 g/mol. The van der Waals surface area contributed by atoms with Crippen LogP contribution in [0.4, 0.5) is 0 Å².